The summed E-state index contributed by atoms with van der Waals surface area (Å²) in [7, 11) is -4.51. The van der Waals surface area contributed by atoms with E-state index in [1.807, 2.05) is 0 Å². The second-order valence-electron chi connectivity index (χ2n) is 9.48. The van der Waals surface area contributed by atoms with Crippen molar-refractivity contribution in [3.05, 3.63) is 54.5 Å². The monoisotopic (exact) mass is 583 g/mol. The zero-order chi connectivity index (χ0) is 29.1. The number of alkyl halides is 1. The molecule has 1 fully saturated rings. The van der Waals surface area contributed by atoms with Crippen LogP contribution in [-0.4, -0.2) is 62.8 Å². The molecular formula is C24H31FN5O9P. The van der Waals surface area contributed by atoms with Crippen molar-refractivity contribution in [2.75, 3.05) is 12.3 Å². The third-order valence-electron chi connectivity index (χ3n) is 6.01. The lowest BCUT2D eigenvalue weighted by atomic mass is 9.94. The Morgan fingerprint density at radius 2 is 1.98 bits per heavy atom. The number of anilines is 1. The number of fused-ring (bicyclic) bond motifs is 1. The van der Waals surface area contributed by atoms with Crippen LogP contribution in [0.5, 0.6) is 5.75 Å². The zero-order valence-electron chi connectivity index (χ0n) is 22.2. The summed E-state index contributed by atoms with van der Waals surface area (Å²) in [6.07, 6.45) is -4.06. The van der Waals surface area contributed by atoms with Gasteiger partial charge in [0.05, 0.1) is 11.8 Å². The minimum absolute atomic E-state index is 0.180. The van der Waals surface area contributed by atoms with Gasteiger partial charge in [-0.05, 0) is 52.0 Å². The van der Waals surface area contributed by atoms with Gasteiger partial charge in [-0.2, -0.15) is 5.10 Å². The Hall–Kier alpha value is -3.17. The molecule has 1 aliphatic rings. The first kappa shape index (κ1) is 29.8. The SMILES string of the molecule is CC(C)OC(=O)[C@H](C)NP(=O)(OOC[C@H]1O[C@@](C)(c2ccc3c(N)ncnn23)[C@H](F)[C@@H]1O)OOc1ccccc1. The molecule has 40 heavy (non-hydrogen) atoms. The van der Waals surface area contributed by atoms with Crippen LogP contribution in [0.1, 0.15) is 33.4 Å². The van der Waals surface area contributed by atoms with Crippen LogP contribution in [0.4, 0.5) is 10.2 Å². The predicted octanol–water partition coefficient (Wildman–Crippen LogP) is 2.62. The van der Waals surface area contributed by atoms with Gasteiger partial charge in [0.25, 0.3) is 0 Å². The Balaban J connectivity index is 1.45. The quantitative estimate of drug-likeness (QED) is 0.123. The summed E-state index contributed by atoms with van der Waals surface area (Å²) in [4.78, 5) is 26.3. The van der Waals surface area contributed by atoms with Crippen molar-refractivity contribution in [3.63, 3.8) is 0 Å². The van der Waals surface area contributed by atoms with Gasteiger partial charge in [0.15, 0.2) is 17.7 Å². The summed E-state index contributed by atoms with van der Waals surface area (Å²) in [5, 5.41) is 17.1. The standard InChI is InChI=1S/C24H31FN5O9P/c1-14(2)35-23(32)15(3)29-40(33,39-37-16-8-6-5-7-9-16)38-34-12-18-20(31)21(25)24(4,36-18)19-11-10-17-22(26)27-13-28-30(17)19/h5-11,13-15,18,20-21,31H,12H2,1-4H3,(H,29,33)(H2,26,27,28)/t15-,18+,20+,21+,24-,40?/m0/s1. The number of rotatable bonds is 12. The first-order chi connectivity index (χ1) is 18.9. The average molecular weight is 584 g/mol. The Morgan fingerprint density at radius 3 is 2.67 bits per heavy atom. The molecule has 218 valence electrons. The van der Waals surface area contributed by atoms with Gasteiger partial charge in [0, 0.05) is 0 Å². The summed E-state index contributed by atoms with van der Waals surface area (Å²) in [6.45, 7) is 5.52. The van der Waals surface area contributed by atoms with E-state index in [1.165, 1.54) is 36.8 Å². The summed E-state index contributed by atoms with van der Waals surface area (Å²) < 4.78 is 51.1. The number of nitrogens with one attached hydrogen (secondary N) is 1. The molecule has 1 unspecified atom stereocenters. The molecule has 0 amide bonds. The smallest absolute Gasteiger partial charge is 0.462 e. The Labute approximate surface area is 228 Å². The lowest BCUT2D eigenvalue weighted by Gasteiger charge is -2.26. The van der Waals surface area contributed by atoms with Gasteiger partial charge in [-0.15, -0.1) is 4.67 Å². The molecule has 4 rings (SSSR count). The van der Waals surface area contributed by atoms with Crippen molar-refractivity contribution < 1.29 is 47.5 Å². The van der Waals surface area contributed by atoms with Crippen LogP contribution >= 0.6 is 7.75 Å². The molecular weight excluding hydrogens is 552 g/mol. The van der Waals surface area contributed by atoms with Gasteiger partial charge in [0.2, 0.25) is 0 Å². The van der Waals surface area contributed by atoms with Gasteiger partial charge >= 0.3 is 13.7 Å². The molecule has 2 aromatic heterocycles. The van der Waals surface area contributed by atoms with E-state index in [0.717, 1.165) is 0 Å². The molecule has 0 bridgehead atoms. The topological polar surface area (TPSA) is 178 Å². The number of aliphatic hydroxyl groups is 1. The highest BCUT2D eigenvalue weighted by Crippen LogP contribution is 2.46. The second-order valence-corrected chi connectivity index (χ2v) is 11.0. The number of ether oxygens (including phenoxy) is 2. The lowest BCUT2D eigenvalue weighted by molar-refractivity contribution is -0.259. The molecule has 0 saturated carbocycles. The maximum atomic E-state index is 15.4. The normalized spacial score (nSPS) is 25.1. The fourth-order valence-electron chi connectivity index (χ4n) is 4.04. The van der Waals surface area contributed by atoms with Crippen LogP contribution in [-0.2, 0) is 38.7 Å². The lowest BCUT2D eigenvalue weighted by Crippen LogP contribution is -2.37. The van der Waals surface area contributed by atoms with Crippen LogP contribution in [0.15, 0.2) is 48.8 Å². The molecule has 0 radical (unpaired) electrons. The number of halogens is 1. The maximum Gasteiger partial charge on any atom is 0.469 e. The van der Waals surface area contributed by atoms with Gasteiger partial charge in [0.1, 0.15) is 42.3 Å². The predicted molar refractivity (Wildman–Crippen MR) is 137 cm³/mol. The minimum Gasteiger partial charge on any atom is -0.462 e. The highest BCUT2D eigenvalue weighted by Gasteiger charge is 2.55. The molecule has 1 aliphatic heterocycles. The van der Waals surface area contributed by atoms with Gasteiger partial charge in [-0.25, -0.2) is 28.4 Å². The third-order valence-corrected chi connectivity index (χ3v) is 7.28. The molecule has 6 atom stereocenters. The largest absolute Gasteiger partial charge is 0.469 e. The molecule has 3 aromatic rings. The van der Waals surface area contributed by atoms with Crippen LogP contribution in [0.2, 0.25) is 0 Å². The minimum atomic E-state index is -4.51. The molecule has 16 heteroatoms. The van der Waals surface area contributed by atoms with Crippen LogP contribution in [0, 0.1) is 0 Å². The van der Waals surface area contributed by atoms with E-state index < -0.39 is 56.4 Å². The van der Waals surface area contributed by atoms with Crippen LogP contribution in [0.25, 0.3) is 5.52 Å². The highest BCUT2D eigenvalue weighted by molar-refractivity contribution is 7.51. The third kappa shape index (κ3) is 6.41. The number of hydrogen-bond donors (Lipinski definition) is 3. The first-order valence-corrected chi connectivity index (χ1v) is 13.9. The zero-order valence-corrected chi connectivity index (χ0v) is 23.1. The number of esters is 1. The number of nitrogen functional groups attached to an aromatic ring is 1. The molecule has 1 aromatic carbocycles. The van der Waals surface area contributed by atoms with E-state index in [1.54, 1.807) is 44.2 Å². The summed E-state index contributed by atoms with van der Waals surface area (Å²) in [5.74, 6) is -0.379. The van der Waals surface area contributed by atoms with E-state index in [-0.39, 0.29) is 17.3 Å². The molecule has 1 saturated heterocycles. The number of aliphatic hydroxyl groups excluding tert-OH is 1. The van der Waals surface area contributed by atoms with E-state index in [9.17, 15) is 14.5 Å². The molecule has 0 spiro atoms. The number of hydrogen-bond acceptors (Lipinski definition) is 12. The van der Waals surface area contributed by atoms with Crippen molar-refractivity contribution in [2.24, 2.45) is 0 Å². The fourth-order valence-corrected chi connectivity index (χ4v) is 5.12. The van der Waals surface area contributed by atoms with Gasteiger partial charge in [-0.3, -0.25) is 4.79 Å². The number of nitrogens with zero attached hydrogens (tertiary/aromatic N) is 3. The number of aromatic nitrogens is 3. The Bertz CT molecular complexity index is 1360. The summed E-state index contributed by atoms with van der Waals surface area (Å²) in [5.41, 5.74) is 4.91. The van der Waals surface area contributed by atoms with Gasteiger partial charge < -0.3 is 25.2 Å². The maximum absolute atomic E-state index is 15.4. The molecule has 0 aliphatic carbocycles. The molecule has 3 heterocycles. The Morgan fingerprint density at radius 1 is 1.25 bits per heavy atom. The van der Waals surface area contributed by atoms with E-state index in [2.05, 4.69) is 15.2 Å². The number of carbonyl (C=O) groups excluding carboxylic acids is 1. The van der Waals surface area contributed by atoms with Crippen molar-refractivity contribution in [3.8, 4) is 5.75 Å². The number of benzene rings is 1. The number of para-hydroxylation sites is 1. The van der Waals surface area contributed by atoms with Crippen molar-refractivity contribution in [2.45, 2.75) is 63.8 Å². The van der Waals surface area contributed by atoms with Crippen molar-refractivity contribution >= 4 is 25.1 Å². The van der Waals surface area contributed by atoms with Crippen molar-refractivity contribution in [1.29, 1.82) is 0 Å². The summed E-state index contributed by atoms with van der Waals surface area (Å²) in [6, 6.07) is 10.1. The average Bonchev–Trinajstić information content (AvgIpc) is 3.45. The second kappa shape index (κ2) is 12.1. The van der Waals surface area contributed by atoms with Crippen LogP contribution in [0.3, 0.4) is 0 Å². The summed E-state index contributed by atoms with van der Waals surface area (Å²) >= 11 is 0. The molecule has 14 nitrogen and oxygen atoms in total. The number of nitrogens with two attached hydrogens (primary N) is 1. The molecule has 4 N–H and O–H groups in total. The van der Waals surface area contributed by atoms with E-state index in [4.69, 9.17) is 34.3 Å². The van der Waals surface area contributed by atoms with Gasteiger partial charge in [-0.1, -0.05) is 22.9 Å². The Kier molecular flexibility index (Phi) is 9.05. The van der Waals surface area contributed by atoms with Crippen LogP contribution < -0.4 is 15.7 Å². The highest BCUT2D eigenvalue weighted by atomic mass is 31.2. The number of carbonyl (C=O) groups is 1. The van der Waals surface area contributed by atoms with Crippen molar-refractivity contribution in [1.82, 2.24) is 19.7 Å². The van der Waals surface area contributed by atoms with E-state index in [0.29, 0.717) is 5.52 Å². The van der Waals surface area contributed by atoms with E-state index >= 15 is 4.39 Å². The first-order valence-electron chi connectivity index (χ1n) is 12.3. The fraction of sp³-hybridized carbons (Fsp3) is 0.458.